The van der Waals surface area contributed by atoms with E-state index in [1.165, 1.54) is 40.4 Å². The summed E-state index contributed by atoms with van der Waals surface area (Å²) in [5.74, 6) is 0. The minimum Gasteiger partial charge on any atom is -0.309 e. The second kappa shape index (κ2) is 4.88. The fourth-order valence-electron chi connectivity index (χ4n) is 2.25. The van der Waals surface area contributed by atoms with Crippen LogP contribution in [0.25, 0.3) is 9.88 Å². The molecule has 1 saturated heterocycles. The molecule has 1 unspecified atom stereocenters. The summed E-state index contributed by atoms with van der Waals surface area (Å²) in [7, 11) is 0. The van der Waals surface area contributed by atoms with Crippen LogP contribution in [-0.2, 0) is 0 Å². The predicted molar refractivity (Wildman–Crippen MR) is 74.8 cm³/mol. The summed E-state index contributed by atoms with van der Waals surface area (Å²) in [6, 6.07) is 2.65. The number of hydrogen-bond acceptors (Lipinski definition) is 4. The van der Waals surface area contributed by atoms with Crippen molar-refractivity contribution in [2.24, 2.45) is 0 Å². The molecule has 3 rings (SSSR count). The third kappa shape index (κ3) is 2.30. The summed E-state index contributed by atoms with van der Waals surface area (Å²) in [5.41, 5.74) is 2.57. The van der Waals surface area contributed by atoms with Gasteiger partial charge in [-0.05, 0) is 43.3 Å². The van der Waals surface area contributed by atoms with Gasteiger partial charge in [-0.3, -0.25) is 0 Å². The SMILES string of the molecule is Cc1ccsc1-c1nc(C2CCCCN2)cs1. The van der Waals surface area contributed by atoms with Gasteiger partial charge in [-0.15, -0.1) is 22.7 Å². The van der Waals surface area contributed by atoms with Gasteiger partial charge in [-0.2, -0.15) is 0 Å². The highest BCUT2D eigenvalue weighted by Gasteiger charge is 2.18. The molecule has 1 aliphatic heterocycles. The van der Waals surface area contributed by atoms with Gasteiger partial charge in [0, 0.05) is 5.38 Å². The highest BCUT2D eigenvalue weighted by Crippen LogP contribution is 2.34. The molecule has 3 heterocycles. The average Bonchev–Trinajstić information content (AvgIpc) is 2.98. The quantitative estimate of drug-likeness (QED) is 0.887. The molecule has 1 atom stereocenters. The van der Waals surface area contributed by atoms with Gasteiger partial charge in [-0.25, -0.2) is 4.98 Å². The Hall–Kier alpha value is -0.710. The second-order valence-corrected chi connectivity index (χ2v) is 6.29. The van der Waals surface area contributed by atoms with E-state index in [0.29, 0.717) is 6.04 Å². The largest absolute Gasteiger partial charge is 0.309 e. The van der Waals surface area contributed by atoms with Crippen LogP contribution in [0.1, 0.15) is 36.6 Å². The van der Waals surface area contributed by atoms with Crippen LogP contribution >= 0.6 is 22.7 Å². The maximum Gasteiger partial charge on any atom is 0.133 e. The Kier molecular flexibility index (Phi) is 3.27. The van der Waals surface area contributed by atoms with E-state index < -0.39 is 0 Å². The van der Waals surface area contributed by atoms with Crippen LogP contribution in [0.2, 0.25) is 0 Å². The number of piperidine rings is 1. The topological polar surface area (TPSA) is 24.9 Å². The van der Waals surface area contributed by atoms with Crippen molar-refractivity contribution in [2.45, 2.75) is 32.2 Å². The van der Waals surface area contributed by atoms with Crippen LogP contribution in [0, 0.1) is 6.92 Å². The number of aryl methyl sites for hydroxylation is 1. The molecule has 90 valence electrons. The van der Waals surface area contributed by atoms with Crippen molar-refractivity contribution >= 4 is 22.7 Å². The van der Waals surface area contributed by atoms with Gasteiger partial charge in [0.25, 0.3) is 0 Å². The summed E-state index contributed by atoms with van der Waals surface area (Å²) in [5, 5.41) is 9.10. The fourth-order valence-corrected chi connectivity index (χ4v) is 4.22. The molecule has 0 bridgehead atoms. The molecule has 0 spiro atoms. The van der Waals surface area contributed by atoms with E-state index in [0.717, 1.165) is 6.54 Å². The number of nitrogens with one attached hydrogen (secondary N) is 1. The van der Waals surface area contributed by atoms with Gasteiger partial charge in [0.1, 0.15) is 5.01 Å². The van der Waals surface area contributed by atoms with Crippen LogP contribution in [0.15, 0.2) is 16.8 Å². The lowest BCUT2D eigenvalue weighted by Gasteiger charge is -2.21. The van der Waals surface area contributed by atoms with E-state index in [1.54, 1.807) is 22.7 Å². The third-order valence-corrected chi connectivity index (χ3v) is 5.28. The number of thiophene rings is 1. The maximum absolute atomic E-state index is 4.80. The Morgan fingerprint density at radius 2 is 2.29 bits per heavy atom. The van der Waals surface area contributed by atoms with Crippen molar-refractivity contribution in [1.29, 1.82) is 0 Å². The second-order valence-electron chi connectivity index (χ2n) is 4.51. The van der Waals surface area contributed by atoms with Gasteiger partial charge in [0.15, 0.2) is 0 Å². The van der Waals surface area contributed by atoms with E-state index in [2.05, 4.69) is 29.1 Å². The van der Waals surface area contributed by atoms with Gasteiger partial charge in [-0.1, -0.05) is 6.42 Å². The van der Waals surface area contributed by atoms with Crippen molar-refractivity contribution in [3.05, 3.63) is 28.1 Å². The van der Waals surface area contributed by atoms with E-state index in [-0.39, 0.29) is 0 Å². The Labute approximate surface area is 110 Å². The normalized spacial score (nSPS) is 20.6. The summed E-state index contributed by atoms with van der Waals surface area (Å²) < 4.78 is 0. The molecule has 0 aliphatic carbocycles. The summed E-state index contributed by atoms with van der Waals surface area (Å²) in [4.78, 5) is 6.13. The zero-order valence-electron chi connectivity index (χ0n) is 9.90. The first-order chi connectivity index (χ1) is 8.34. The molecular formula is C13H16N2S2. The Bertz CT molecular complexity index is 495. The van der Waals surface area contributed by atoms with Gasteiger partial charge in [0.05, 0.1) is 16.6 Å². The Morgan fingerprint density at radius 1 is 1.35 bits per heavy atom. The molecule has 0 aromatic carbocycles. The first kappa shape index (κ1) is 11.4. The van der Waals surface area contributed by atoms with Crippen LogP contribution in [0.3, 0.4) is 0 Å². The molecule has 4 heteroatoms. The minimum atomic E-state index is 0.481. The lowest BCUT2D eigenvalue weighted by atomic mass is 10.0. The molecule has 2 aromatic heterocycles. The number of aromatic nitrogens is 1. The minimum absolute atomic E-state index is 0.481. The Morgan fingerprint density at radius 3 is 3.00 bits per heavy atom. The third-order valence-electron chi connectivity index (χ3n) is 3.25. The Balaban J connectivity index is 1.85. The number of nitrogens with zero attached hydrogens (tertiary/aromatic N) is 1. The van der Waals surface area contributed by atoms with E-state index in [4.69, 9.17) is 4.98 Å². The van der Waals surface area contributed by atoms with Crippen molar-refractivity contribution in [2.75, 3.05) is 6.54 Å². The lowest BCUT2D eigenvalue weighted by molar-refractivity contribution is 0.407. The highest BCUT2D eigenvalue weighted by atomic mass is 32.1. The standard InChI is InChI=1S/C13H16N2S2/c1-9-5-7-16-12(9)13-15-11(8-17-13)10-4-2-3-6-14-10/h5,7-8,10,14H,2-4,6H2,1H3. The van der Waals surface area contributed by atoms with Gasteiger partial charge in [0.2, 0.25) is 0 Å². The van der Waals surface area contributed by atoms with Gasteiger partial charge >= 0.3 is 0 Å². The molecule has 1 fully saturated rings. The van der Waals surface area contributed by atoms with Gasteiger partial charge < -0.3 is 5.32 Å². The maximum atomic E-state index is 4.80. The molecule has 0 radical (unpaired) electrons. The first-order valence-corrected chi connectivity index (χ1v) is 7.84. The summed E-state index contributed by atoms with van der Waals surface area (Å²) >= 11 is 3.56. The number of thiazole rings is 1. The van der Waals surface area contributed by atoms with Crippen LogP contribution in [0.4, 0.5) is 0 Å². The van der Waals surface area contributed by atoms with E-state index in [9.17, 15) is 0 Å². The zero-order chi connectivity index (χ0) is 11.7. The average molecular weight is 264 g/mol. The van der Waals surface area contributed by atoms with Crippen LogP contribution in [0.5, 0.6) is 0 Å². The van der Waals surface area contributed by atoms with Crippen molar-refractivity contribution < 1.29 is 0 Å². The molecule has 2 nitrogen and oxygen atoms in total. The predicted octanol–water partition coefficient (Wildman–Crippen LogP) is 3.99. The summed E-state index contributed by atoms with van der Waals surface area (Å²) in [6.07, 6.45) is 3.85. The van der Waals surface area contributed by atoms with E-state index >= 15 is 0 Å². The molecule has 1 aliphatic rings. The molecular weight excluding hydrogens is 248 g/mol. The van der Waals surface area contributed by atoms with Crippen LogP contribution in [-0.4, -0.2) is 11.5 Å². The molecule has 0 saturated carbocycles. The first-order valence-electron chi connectivity index (χ1n) is 6.08. The number of hydrogen-bond donors (Lipinski definition) is 1. The number of rotatable bonds is 2. The van der Waals surface area contributed by atoms with Crippen molar-refractivity contribution in [3.8, 4) is 9.88 Å². The zero-order valence-corrected chi connectivity index (χ0v) is 11.5. The summed E-state index contributed by atoms with van der Waals surface area (Å²) in [6.45, 7) is 3.29. The highest BCUT2D eigenvalue weighted by molar-refractivity contribution is 7.20. The smallest absolute Gasteiger partial charge is 0.133 e. The molecule has 17 heavy (non-hydrogen) atoms. The fraction of sp³-hybridized carbons (Fsp3) is 0.462. The molecule has 1 N–H and O–H groups in total. The molecule has 2 aromatic rings. The van der Waals surface area contributed by atoms with Crippen molar-refractivity contribution in [3.63, 3.8) is 0 Å². The van der Waals surface area contributed by atoms with E-state index in [1.807, 2.05) is 0 Å². The monoisotopic (exact) mass is 264 g/mol. The lowest BCUT2D eigenvalue weighted by Crippen LogP contribution is -2.26. The van der Waals surface area contributed by atoms with Crippen molar-refractivity contribution in [1.82, 2.24) is 10.3 Å². The molecule has 0 amide bonds. The van der Waals surface area contributed by atoms with Crippen LogP contribution < -0.4 is 5.32 Å².